The van der Waals surface area contributed by atoms with E-state index in [2.05, 4.69) is 22.8 Å². The standard InChI is InChI=1S/C18H28N2O3/c1-11(2)17(20-16(21)10-23-6)18(22)19-14(5)15-9-12(3)7-8-13(15)4/h7-9,11,14,17H,10H2,1-6H3,(H,19,22)(H,20,21)/t14-,17-/m0/s1. The first-order valence-electron chi connectivity index (χ1n) is 7.92. The molecule has 5 nitrogen and oxygen atoms in total. The molecule has 5 heteroatoms. The molecular formula is C18H28N2O3. The number of hydrogen-bond donors (Lipinski definition) is 2. The van der Waals surface area contributed by atoms with Gasteiger partial charge in [-0.05, 0) is 37.8 Å². The van der Waals surface area contributed by atoms with Gasteiger partial charge in [0.25, 0.3) is 0 Å². The largest absolute Gasteiger partial charge is 0.375 e. The van der Waals surface area contributed by atoms with E-state index in [9.17, 15) is 9.59 Å². The Balaban J connectivity index is 2.81. The van der Waals surface area contributed by atoms with Gasteiger partial charge in [-0.2, -0.15) is 0 Å². The van der Waals surface area contributed by atoms with Crippen LogP contribution in [0.1, 0.15) is 43.5 Å². The molecule has 0 aromatic heterocycles. The van der Waals surface area contributed by atoms with Crippen molar-refractivity contribution >= 4 is 11.8 Å². The van der Waals surface area contributed by atoms with E-state index in [0.29, 0.717) is 0 Å². The van der Waals surface area contributed by atoms with Crippen molar-refractivity contribution in [3.8, 4) is 0 Å². The molecule has 0 aliphatic rings. The number of rotatable bonds is 7. The average molecular weight is 320 g/mol. The Morgan fingerprint density at radius 2 is 1.78 bits per heavy atom. The summed E-state index contributed by atoms with van der Waals surface area (Å²) in [6.07, 6.45) is 0. The zero-order valence-electron chi connectivity index (χ0n) is 14.9. The van der Waals surface area contributed by atoms with E-state index in [4.69, 9.17) is 4.74 Å². The van der Waals surface area contributed by atoms with Gasteiger partial charge in [0.1, 0.15) is 12.6 Å². The van der Waals surface area contributed by atoms with E-state index in [1.807, 2.05) is 40.7 Å². The molecule has 0 unspecified atom stereocenters. The maximum absolute atomic E-state index is 12.5. The molecule has 0 bridgehead atoms. The number of aryl methyl sites for hydroxylation is 2. The predicted octanol–water partition coefficient (Wildman–Crippen LogP) is 2.27. The van der Waals surface area contributed by atoms with Crippen LogP contribution in [0.5, 0.6) is 0 Å². The van der Waals surface area contributed by atoms with E-state index in [1.54, 1.807) is 0 Å². The van der Waals surface area contributed by atoms with Gasteiger partial charge in [0.15, 0.2) is 0 Å². The Kier molecular flexibility index (Phi) is 7.23. The Bertz CT molecular complexity index is 555. The van der Waals surface area contributed by atoms with Gasteiger partial charge >= 0.3 is 0 Å². The number of ether oxygens (including phenoxy) is 1. The van der Waals surface area contributed by atoms with Crippen molar-refractivity contribution in [2.75, 3.05) is 13.7 Å². The fourth-order valence-electron chi connectivity index (χ4n) is 2.49. The van der Waals surface area contributed by atoms with Gasteiger partial charge < -0.3 is 15.4 Å². The summed E-state index contributed by atoms with van der Waals surface area (Å²) in [6.45, 7) is 9.76. The minimum Gasteiger partial charge on any atom is -0.375 e. The minimum atomic E-state index is -0.579. The number of carbonyl (C=O) groups is 2. The molecule has 0 saturated carbocycles. The summed E-state index contributed by atoms with van der Waals surface area (Å²) in [5, 5.41) is 5.72. The minimum absolute atomic E-state index is 0.0124. The van der Waals surface area contributed by atoms with Gasteiger partial charge in [0, 0.05) is 7.11 Å². The lowest BCUT2D eigenvalue weighted by Crippen LogP contribution is -2.51. The summed E-state index contributed by atoms with van der Waals surface area (Å²) in [4.78, 5) is 24.2. The molecule has 0 fully saturated rings. The van der Waals surface area contributed by atoms with Crippen LogP contribution in [0.25, 0.3) is 0 Å². The van der Waals surface area contributed by atoms with Gasteiger partial charge in [0.05, 0.1) is 6.04 Å². The van der Waals surface area contributed by atoms with Crippen LogP contribution < -0.4 is 10.6 Å². The molecule has 0 spiro atoms. The fourth-order valence-corrected chi connectivity index (χ4v) is 2.49. The van der Waals surface area contributed by atoms with E-state index in [1.165, 1.54) is 7.11 Å². The molecule has 1 rings (SSSR count). The monoisotopic (exact) mass is 320 g/mol. The summed E-state index contributed by atoms with van der Waals surface area (Å²) in [7, 11) is 1.45. The van der Waals surface area contributed by atoms with Gasteiger partial charge in [-0.25, -0.2) is 0 Å². The van der Waals surface area contributed by atoms with Crippen LogP contribution in [-0.4, -0.2) is 31.6 Å². The number of nitrogens with one attached hydrogen (secondary N) is 2. The number of carbonyl (C=O) groups excluding carboxylic acids is 2. The number of methoxy groups -OCH3 is 1. The molecule has 23 heavy (non-hydrogen) atoms. The van der Waals surface area contributed by atoms with E-state index in [-0.39, 0.29) is 30.4 Å². The lowest BCUT2D eigenvalue weighted by atomic mass is 9.98. The van der Waals surface area contributed by atoms with Crippen molar-refractivity contribution in [3.63, 3.8) is 0 Å². The van der Waals surface area contributed by atoms with Gasteiger partial charge in [-0.15, -0.1) is 0 Å². The average Bonchev–Trinajstić information content (AvgIpc) is 2.47. The van der Waals surface area contributed by atoms with Crippen LogP contribution >= 0.6 is 0 Å². The zero-order chi connectivity index (χ0) is 17.6. The molecule has 0 aliphatic heterocycles. The Morgan fingerprint density at radius 3 is 2.35 bits per heavy atom. The maximum atomic E-state index is 12.5. The molecule has 2 N–H and O–H groups in total. The fraction of sp³-hybridized carbons (Fsp3) is 0.556. The molecule has 0 aliphatic carbocycles. The highest BCUT2D eigenvalue weighted by Gasteiger charge is 2.25. The van der Waals surface area contributed by atoms with Crippen molar-refractivity contribution in [2.24, 2.45) is 5.92 Å². The first-order chi connectivity index (χ1) is 10.8. The highest BCUT2D eigenvalue weighted by molar-refractivity contribution is 5.88. The van der Waals surface area contributed by atoms with Crippen LogP contribution in [-0.2, 0) is 14.3 Å². The van der Waals surface area contributed by atoms with Crippen LogP contribution in [0.2, 0.25) is 0 Å². The first-order valence-corrected chi connectivity index (χ1v) is 7.92. The molecule has 1 aromatic rings. The number of hydrogen-bond acceptors (Lipinski definition) is 3. The summed E-state index contributed by atoms with van der Waals surface area (Å²) in [5.41, 5.74) is 3.37. The van der Waals surface area contributed by atoms with Crippen molar-refractivity contribution < 1.29 is 14.3 Å². The number of amides is 2. The molecule has 0 radical (unpaired) electrons. The second-order valence-electron chi connectivity index (χ2n) is 6.31. The molecular weight excluding hydrogens is 292 g/mol. The SMILES string of the molecule is COCC(=O)N[C@H](C(=O)N[C@@H](C)c1cc(C)ccc1C)C(C)C. The Morgan fingerprint density at radius 1 is 1.13 bits per heavy atom. The molecule has 1 aromatic carbocycles. The molecule has 0 saturated heterocycles. The van der Waals surface area contributed by atoms with Crippen molar-refractivity contribution in [2.45, 2.75) is 46.7 Å². The summed E-state index contributed by atoms with van der Waals surface area (Å²) >= 11 is 0. The first kappa shape index (κ1) is 19.2. The van der Waals surface area contributed by atoms with Gasteiger partial charge in [-0.3, -0.25) is 9.59 Å². The summed E-state index contributed by atoms with van der Waals surface area (Å²) in [5.74, 6) is -0.486. The van der Waals surface area contributed by atoms with Crippen molar-refractivity contribution in [1.29, 1.82) is 0 Å². The second-order valence-corrected chi connectivity index (χ2v) is 6.31. The second kappa shape index (κ2) is 8.67. The quantitative estimate of drug-likeness (QED) is 0.810. The van der Waals surface area contributed by atoms with Gasteiger partial charge in [-0.1, -0.05) is 37.6 Å². The van der Waals surface area contributed by atoms with Crippen molar-refractivity contribution in [1.82, 2.24) is 10.6 Å². The van der Waals surface area contributed by atoms with Crippen LogP contribution in [0.4, 0.5) is 0 Å². The van der Waals surface area contributed by atoms with E-state index < -0.39 is 6.04 Å². The molecule has 2 amide bonds. The third kappa shape index (κ3) is 5.67. The normalized spacial score (nSPS) is 13.5. The van der Waals surface area contributed by atoms with E-state index in [0.717, 1.165) is 16.7 Å². The smallest absolute Gasteiger partial charge is 0.246 e. The molecule has 2 atom stereocenters. The Labute approximate surface area is 138 Å². The highest BCUT2D eigenvalue weighted by Crippen LogP contribution is 2.19. The molecule has 0 heterocycles. The highest BCUT2D eigenvalue weighted by atomic mass is 16.5. The summed E-state index contributed by atoms with van der Waals surface area (Å²) < 4.78 is 4.80. The third-order valence-corrected chi connectivity index (χ3v) is 3.80. The number of benzene rings is 1. The Hall–Kier alpha value is -1.88. The van der Waals surface area contributed by atoms with Crippen LogP contribution in [0.15, 0.2) is 18.2 Å². The lowest BCUT2D eigenvalue weighted by molar-refractivity contribution is -0.132. The third-order valence-electron chi connectivity index (χ3n) is 3.80. The van der Waals surface area contributed by atoms with Gasteiger partial charge in [0.2, 0.25) is 11.8 Å². The van der Waals surface area contributed by atoms with Crippen LogP contribution in [0, 0.1) is 19.8 Å². The zero-order valence-corrected chi connectivity index (χ0v) is 14.9. The summed E-state index contributed by atoms with van der Waals surface area (Å²) in [6, 6.07) is 5.48. The van der Waals surface area contributed by atoms with Crippen molar-refractivity contribution in [3.05, 3.63) is 34.9 Å². The topological polar surface area (TPSA) is 67.4 Å². The van der Waals surface area contributed by atoms with E-state index >= 15 is 0 Å². The molecule has 128 valence electrons. The predicted molar refractivity (Wildman–Crippen MR) is 91.1 cm³/mol. The maximum Gasteiger partial charge on any atom is 0.246 e. The van der Waals surface area contributed by atoms with Crippen LogP contribution in [0.3, 0.4) is 0 Å². The lowest BCUT2D eigenvalue weighted by Gasteiger charge is -2.25.